The molecule has 29 heavy (non-hydrogen) atoms. The number of ether oxygens (including phenoxy) is 1. The highest BCUT2D eigenvalue weighted by Gasteiger charge is 2.12. The van der Waals surface area contributed by atoms with E-state index in [1.807, 2.05) is 6.92 Å². The molecule has 3 aromatic rings. The van der Waals surface area contributed by atoms with Gasteiger partial charge in [-0.1, -0.05) is 23.2 Å². The van der Waals surface area contributed by atoms with Gasteiger partial charge in [0, 0.05) is 22.0 Å². The van der Waals surface area contributed by atoms with Gasteiger partial charge in [0.2, 0.25) is 0 Å². The lowest BCUT2D eigenvalue weighted by Gasteiger charge is -2.09. The Morgan fingerprint density at radius 3 is 2.03 bits per heavy atom. The van der Waals surface area contributed by atoms with Gasteiger partial charge in [-0.3, -0.25) is 9.59 Å². The molecule has 0 unspecified atom stereocenters. The van der Waals surface area contributed by atoms with Crippen molar-refractivity contribution in [3.05, 3.63) is 87.9 Å². The number of nitrogens with one attached hydrogen (secondary N) is 2. The Kier molecular flexibility index (Phi) is 6.75. The standard InChI is InChI=1S/C22H18Cl2N2O3/c1-2-29-18-10-8-17(9-11-18)25-21(27)14-3-6-16(7-4-14)26-22(28)19-13-15(23)5-12-20(19)24/h3-13H,2H2,1H3,(H,25,27)(H,26,28). The molecule has 0 heterocycles. The number of benzene rings is 3. The van der Waals surface area contributed by atoms with Crippen molar-refractivity contribution >= 4 is 46.4 Å². The van der Waals surface area contributed by atoms with Gasteiger partial charge in [-0.15, -0.1) is 0 Å². The molecule has 0 atom stereocenters. The fourth-order valence-electron chi connectivity index (χ4n) is 2.58. The third-order valence-electron chi connectivity index (χ3n) is 4.00. The summed E-state index contributed by atoms with van der Waals surface area (Å²) in [6.45, 7) is 2.49. The van der Waals surface area contributed by atoms with E-state index >= 15 is 0 Å². The first kappa shape index (κ1) is 20.7. The Hall–Kier alpha value is -3.02. The summed E-state index contributed by atoms with van der Waals surface area (Å²) in [7, 11) is 0. The van der Waals surface area contributed by atoms with E-state index in [4.69, 9.17) is 27.9 Å². The first-order chi connectivity index (χ1) is 14.0. The molecule has 3 rings (SSSR count). The molecule has 0 aliphatic carbocycles. The maximum Gasteiger partial charge on any atom is 0.257 e. The zero-order valence-corrected chi connectivity index (χ0v) is 17.1. The van der Waals surface area contributed by atoms with Crippen molar-refractivity contribution in [2.45, 2.75) is 6.92 Å². The SMILES string of the molecule is CCOc1ccc(NC(=O)c2ccc(NC(=O)c3cc(Cl)ccc3Cl)cc2)cc1. The maximum atomic E-state index is 12.4. The molecule has 0 bridgehead atoms. The summed E-state index contributed by atoms with van der Waals surface area (Å²) < 4.78 is 5.38. The van der Waals surface area contributed by atoms with E-state index in [0.29, 0.717) is 33.6 Å². The van der Waals surface area contributed by atoms with Gasteiger partial charge in [0.05, 0.1) is 17.2 Å². The Labute approximate surface area is 178 Å². The van der Waals surface area contributed by atoms with Crippen LogP contribution in [0.5, 0.6) is 5.75 Å². The lowest BCUT2D eigenvalue weighted by atomic mass is 10.1. The summed E-state index contributed by atoms with van der Waals surface area (Å²) in [6.07, 6.45) is 0. The molecule has 2 amide bonds. The first-order valence-corrected chi connectivity index (χ1v) is 9.62. The normalized spacial score (nSPS) is 10.3. The second kappa shape index (κ2) is 9.45. The molecule has 0 aromatic heterocycles. The van der Waals surface area contributed by atoms with E-state index in [-0.39, 0.29) is 17.4 Å². The zero-order chi connectivity index (χ0) is 20.8. The summed E-state index contributed by atoms with van der Waals surface area (Å²) in [6, 6.07) is 18.3. The fourth-order valence-corrected chi connectivity index (χ4v) is 2.95. The van der Waals surface area contributed by atoms with E-state index in [1.54, 1.807) is 60.7 Å². The van der Waals surface area contributed by atoms with Gasteiger partial charge in [0.1, 0.15) is 5.75 Å². The smallest absolute Gasteiger partial charge is 0.257 e. The molecule has 148 valence electrons. The van der Waals surface area contributed by atoms with E-state index in [0.717, 1.165) is 5.75 Å². The highest BCUT2D eigenvalue weighted by atomic mass is 35.5. The van der Waals surface area contributed by atoms with Crippen LogP contribution in [0.15, 0.2) is 66.7 Å². The van der Waals surface area contributed by atoms with Crippen LogP contribution in [0.2, 0.25) is 10.0 Å². The number of hydrogen-bond donors (Lipinski definition) is 2. The van der Waals surface area contributed by atoms with Gasteiger partial charge in [0.15, 0.2) is 0 Å². The summed E-state index contributed by atoms with van der Waals surface area (Å²) >= 11 is 12.0. The molecule has 0 saturated carbocycles. The van der Waals surface area contributed by atoms with Gasteiger partial charge < -0.3 is 15.4 Å². The average Bonchev–Trinajstić information content (AvgIpc) is 2.72. The molecule has 5 nitrogen and oxygen atoms in total. The third-order valence-corrected chi connectivity index (χ3v) is 4.57. The highest BCUT2D eigenvalue weighted by molar-refractivity contribution is 6.36. The Morgan fingerprint density at radius 2 is 1.41 bits per heavy atom. The lowest BCUT2D eigenvalue weighted by Crippen LogP contribution is -2.14. The highest BCUT2D eigenvalue weighted by Crippen LogP contribution is 2.22. The second-order valence-corrected chi connectivity index (χ2v) is 6.91. The zero-order valence-electron chi connectivity index (χ0n) is 15.5. The number of carbonyl (C=O) groups excluding carboxylic acids is 2. The van der Waals surface area contributed by atoms with Crippen LogP contribution in [-0.2, 0) is 0 Å². The van der Waals surface area contributed by atoms with Crippen LogP contribution in [-0.4, -0.2) is 18.4 Å². The molecule has 0 fully saturated rings. The Morgan fingerprint density at radius 1 is 0.828 bits per heavy atom. The van der Waals surface area contributed by atoms with E-state index in [9.17, 15) is 9.59 Å². The number of hydrogen-bond acceptors (Lipinski definition) is 3. The van der Waals surface area contributed by atoms with Crippen molar-refractivity contribution in [2.75, 3.05) is 17.2 Å². The molecule has 7 heteroatoms. The number of amides is 2. The molecule has 0 aliphatic heterocycles. The quantitative estimate of drug-likeness (QED) is 0.513. The maximum absolute atomic E-state index is 12.4. The molecule has 0 radical (unpaired) electrons. The molecular formula is C22H18Cl2N2O3. The van der Waals surface area contributed by atoms with Crippen LogP contribution in [0.3, 0.4) is 0 Å². The van der Waals surface area contributed by atoms with Crippen LogP contribution < -0.4 is 15.4 Å². The van der Waals surface area contributed by atoms with Crippen molar-refractivity contribution < 1.29 is 14.3 Å². The van der Waals surface area contributed by atoms with Gasteiger partial charge in [-0.2, -0.15) is 0 Å². The van der Waals surface area contributed by atoms with Crippen LogP contribution >= 0.6 is 23.2 Å². The molecule has 0 spiro atoms. The lowest BCUT2D eigenvalue weighted by molar-refractivity contribution is 0.102. The Bertz CT molecular complexity index is 1020. The average molecular weight is 429 g/mol. The predicted octanol–water partition coefficient (Wildman–Crippen LogP) is 5.90. The minimum Gasteiger partial charge on any atom is -0.494 e. The van der Waals surface area contributed by atoms with Gasteiger partial charge in [-0.05, 0) is 73.7 Å². The molecule has 0 aliphatic rings. The van der Waals surface area contributed by atoms with Gasteiger partial charge in [0.25, 0.3) is 11.8 Å². The minimum atomic E-state index is -0.385. The molecule has 0 saturated heterocycles. The van der Waals surface area contributed by atoms with Gasteiger partial charge in [-0.25, -0.2) is 0 Å². The molecule has 2 N–H and O–H groups in total. The van der Waals surface area contributed by atoms with E-state index < -0.39 is 0 Å². The van der Waals surface area contributed by atoms with Crippen molar-refractivity contribution in [1.29, 1.82) is 0 Å². The predicted molar refractivity (Wildman–Crippen MR) is 116 cm³/mol. The van der Waals surface area contributed by atoms with Crippen LogP contribution in [0.4, 0.5) is 11.4 Å². The Balaban J connectivity index is 1.64. The minimum absolute atomic E-state index is 0.259. The summed E-state index contributed by atoms with van der Waals surface area (Å²) in [5.74, 6) is 0.0967. The number of carbonyl (C=O) groups is 2. The fraction of sp³-hybridized carbons (Fsp3) is 0.0909. The summed E-state index contributed by atoms with van der Waals surface area (Å²) in [5, 5.41) is 6.27. The summed E-state index contributed by atoms with van der Waals surface area (Å²) in [4.78, 5) is 24.8. The molecule has 3 aromatic carbocycles. The monoisotopic (exact) mass is 428 g/mol. The molecular weight excluding hydrogens is 411 g/mol. The van der Waals surface area contributed by atoms with Crippen LogP contribution in [0.25, 0.3) is 0 Å². The number of halogens is 2. The summed E-state index contributed by atoms with van der Waals surface area (Å²) in [5.41, 5.74) is 1.92. The van der Waals surface area contributed by atoms with Crippen molar-refractivity contribution in [3.63, 3.8) is 0 Å². The van der Waals surface area contributed by atoms with Crippen LogP contribution in [0, 0.1) is 0 Å². The van der Waals surface area contributed by atoms with Crippen molar-refractivity contribution in [1.82, 2.24) is 0 Å². The first-order valence-electron chi connectivity index (χ1n) is 8.87. The van der Waals surface area contributed by atoms with Gasteiger partial charge >= 0.3 is 0 Å². The number of anilines is 2. The second-order valence-electron chi connectivity index (χ2n) is 6.07. The third kappa shape index (κ3) is 5.50. The number of rotatable bonds is 6. The topological polar surface area (TPSA) is 67.4 Å². The largest absolute Gasteiger partial charge is 0.494 e. The van der Waals surface area contributed by atoms with Crippen molar-refractivity contribution in [3.8, 4) is 5.75 Å². The van der Waals surface area contributed by atoms with E-state index in [1.165, 1.54) is 6.07 Å². The van der Waals surface area contributed by atoms with E-state index in [2.05, 4.69) is 10.6 Å². The van der Waals surface area contributed by atoms with Crippen molar-refractivity contribution in [2.24, 2.45) is 0 Å². The van der Waals surface area contributed by atoms with Crippen LogP contribution in [0.1, 0.15) is 27.6 Å².